The van der Waals surface area contributed by atoms with Gasteiger partial charge in [0, 0.05) is 32.2 Å². The first kappa shape index (κ1) is 23.4. The standard InChI is InChI=1S/C21H31N3O2.2ClH/c25-21(20-13-18-6-1-2-7-19(18)23-20)22-14-16-4-3-5-17(12-16)15-24-8-10-26-11-9-24;;/h3-5,12,18-20,23H,1-2,6-11,13-15H2,(H,22,25);2*1H. The van der Waals surface area contributed by atoms with Crippen molar-refractivity contribution in [3.8, 4) is 0 Å². The van der Waals surface area contributed by atoms with E-state index >= 15 is 0 Å². The maximum absolute atomic E-state index is 12.6. The second-order valence-electron chi connectivity index (χ2n) is 8.03. The molecule has 3 fully saturated rings. The summed E-state index contributed by atoms with van der Waals surface area (Å²) in [7, 11) is 0. The van der Waals surface area contributed by atoms with Crippen LogP contribution in [0.15, 0.2) is 24.3 Å². The molecule has 28 heavy (non-hydrogen) atoms. The Bertz CT molecular complexity index is 611. The molecule has 1 aromatic rings. The van der Waals surface area contributed by atoms with Crippen molar-refractivity contribution in [2.45, 2.75) is 57.3 Å². The number of carbonyl (C=O) groups is 1. The van der Waals surface area contributed by atoms with Gasteiger partial charge in [0.05, 0.1) is 19.3 Å². The lowest BCUT2D eigenvalue weighted by Crippen LogP contribution is -2.42. The Morgan fingerprint density at radius 3 is 2.68 bits per heavy atom. The van der Waals surface area contributed by atoms with Gasteiger partial charge >= 0.3 is 0 Å². The second-order valence-corrected chi connectivity index (χ2v) is 8.03. The van der Waals surface area contributed by atoms with Gasteiger partial charge in [-0.15, -0.1) is 24.8 Å². The lowest BCUT2D eigenvalue weighted by atomic mass is 9.85. The quantitative estimate of drug-likeness (QED) is 0.755. The molecule has 4 rings (SSSR count). The van der Waals surface area contributed by atoms with E-state index in [9.17, 15) is 4.79 Å². The fraction of sp³-hybridized carbons (Fsp3) is 0.667. The molecule has 0 spiro atoms. The van der Waals surface area contributed by atoms with Crippen molar-refractivity contribution in [3.63, 3.8) is 0 Å². The molecule has 2 heterocycles. The van der Waals surface area contributed by atoms with Gasteiger partial charge in [0.15, 0.2) is 0 Å². The van der Waals surface area contributed by atoms with Crippen LogP contribution in [0, 0.1) is 5.92 Å². The van der Waals surface area contributed by atoms with E-state index in [-0.39, 0.29) is 36.8 Å². The van der Waals surface area contributed by atoms with Gasteiger partial charge in [-0.3, -0.25) is 9.69 Å². The van der Waals surface area contributed by atoms with E-state index in [0.29, 0.717) is 18.5 Å². The highest BCUT2D eigenvalue weighted by atomic mass is 35.5. The summed E-state index contributed by atoms with van der Waals surface area (Å²) in [6, 6.07) is 9.16. The van der Waals surface area contributed by atoms with Crippen LogP contribution in [0.5, 0.6) is 0 Å². The summed E-state index contributed by atoms with van der Waals surface area (Å²) in [6.45, 7) is 5.22. The maximum Gasteiger partial charge on any atom is 0.237 e. The molecule has 158 valence electrons. The van der Waals surface area contributed by atoms with Crippen LogP contribution in [0.4, 0.5) is 0 Å². The smallest absolute Gasteiger partial charge is 0.237 e. The number of nitrogens with one attached hydrogen (secondary N) is 2. The molecular weight excluding hydrogens is 397 g/mol. The molecule has 1 amide bonds. The molecule has 1 saturated carbocycles. The monoisotopic (exact) mass is 429 g/mol. The number of halogens is 2. The topological polar surface area (TPSA) is 53.6 Å². The average molecular weight is 430 g/mol. The molecule has 1 aliphatic carbocycles. The van der Waals surface area contributed by atoms with Crippen LogP contribution in [0.3, 0.4) is 0 Å². The first-order chi connectivity index (χ1) is 12.8. The minimum atomic E-state index is -0.000340. The van der Waals surface area contributed by atoms with E-state index in [1.807, 2.05) is 0 Å². The zero-order chi connectivity index (χ0) is 17.8. The van der Waals surface area contributed by atoms with E-state index < -0.39 is 0 Å². The lowest BCUT2D eigenvalue weighted by molar-refractivity contribution is -0.123. The Balaban J connectivity index is 0.00000140. The summed E-state index contributed by atoms with van der Waals surface area (Å²) in [5, 5.41) is 6.71. The van der Waals surface area contributed by atoms with Crippen LogP contribution in [0.1, 0.15) is 43.2 Å². The number of carbonyl (C=O) groups excluding carboxylic acids is 1. The van der Waals surface area contributed by atoms with E-state index in [0.717, 1.165) is 39.3 Å². The van der Waals surface area contributed by atoms with Gasteiger partial charge in [0.1, 0.15) is 0 Å². The van der Waals surface area contributed by atoms with Crippen LogP contribution in [-0.2, 0) is 22.6 Å². The molecule has 0 radical (unpaired) electrons. The van der Waals surface area contributed by atoms with Crippen LogP contribution in [0.25, 0.3) is 0 Å². The van der Waals surface area contributed by atoms with Crippen molar-refractivity contribution < 1.29 is 9.53 Å². The SMILES string of the molecule is Cl.Cl.O=C(NCc1cccc(CN2CCOCC2)c1)C1CC2CCCCC2N1. The number of amides is 1. The van der Waals surface area contributed by atoms with E-state index in [1.54, 1.807) is 0 Å². The summed E-state index contributed by atoms with van der Waals surface area (Å²) in [6.07, 6.45) is 6.15. The van der Waals surface area contributed by atoms with E-state index in [1.165, 1.54) is 36.8 Å². The fourth-order valence-corrected chi connectivity index (χ4v) is 4.69. The Morgan fingerprint density at radius 1 is 1.14 bits per heavy atom. The highest BCUT2D eigenvalue weighted by Gasteiger charge is 2.37. The Morgan fingerprint density at radius 2 is 1.89 bits per heavy atom. The number of morpholine rings is 1. The zero-order valence-electron chi connectivity index (χ0n) is 16.4. The van der Waals surface area contributed by atoms with Crippen molar-refractivity contribution in [2.75, 3.05) is 26.3 Å². The highest BCUT2D eigenvalue weighted by molar-refractivity contribution is 5.85. The average Bonchev–Trinajstić information content (AvgIpc) is 3.12. The molecule has 2 aliphatic heterocycles. The molecular formula is C21H33Cl2N3O2. The van der Waals surface area contributed by atoms with E-state index in [2.05, 4.69) is 39.8 Å². The lowest BCUT2D eigenvalue weighted by Gasteiger charge is -2.26. The number of hydrogen-bond acceptors (Lipinski definition) is 4. The van der Waals surface area contributed by atoms with Crippen molar-refractivity contribution in [1.29, 1.82) is 0 Å². The van der Waals surface area contributed by atoms with Crippen molar-refractivity contribution in [3.05, 3.63) is 35.4 Å². The third-order valence-electron chi connectivity index (χ3n) is 6.15. The zero-order valence-corrected chi connectivity index (χ0v) is 18.0. The van der Waals surface area contributed by atoms with E-state index in [4.69, 9.17) is 4.74 Å². The molecule has 1 aromatic carbocycles. The van der Waals surface area contributed by atoms with Crippen molar-refractivity contribution in [1.82, 2.24) is 15.5 Å². The fourth-order valence-electron chi connectivity index (χ4n) is 4.69. The summed E-state index contributed by atoms with van der Waals surface area (Å²) in [4.78, 5) is 15.0. The molecule has 2 saturated heterocycles. The Labute approximate surface area is 180 Å². The molecule has 7 heteroatoms. The summed E-state index contributed by atoms with van der Waals surface area (Å²) >= 11 is 0. The molecule has 3 atom stereocenters. The number of benzene rings is 1. The maximum atomic E-state index is 12.6. The number of nitrogens with zero attached hydrogens (tertiary/aromatic N) is 1. The van der Waals surface area contributed by atoms with Crippen molar-refractivity contribution >= 4 is 30.7 Å². The molecule has 0 bridgehead atoms. The summed E-state index contributed by atoms with van der Waals surface area (Å²) in [5.41, 5.74) is 2.49. The second kappa shape index (κ2) is 11.4. The molecule has 5 nitrogen and oxygen atoms in total. The number of hydrogen-bond donors (Lipinski definition) is 2. The number of ether oxygens (including phenoxy) is 1. The normalized spacial score (nSPS) is 27.2. The van der Waals surface area contributed by atoms with Gasteiger partial charge in [-0.05, 0) is 36.3 Å². The molecule has 0 aromatic heterocycles. The minimum Gasteiger partial charge on any atom is -0.379 e. The van der Waals surface area contributed by atoms with Crippen LogP contribution in [-0.4, -0.2) is 49.2 Å². The van der Waals surface area contributed by atoms with Gasteiger partial charge < -0.3 is 15.4 Å². The third-order valence-corrected chi connectivity index (χ3v) is 6.15. The summed E-state index contributed by atoms with van der Waals surface area (Å²) in [5.74, 6) is 0.870. The van der Waals surface area contributed by atoms with Gasteiger partial charge in [-0.1, -0.05) is 37.1 Å². The largest absolute Gasteiger partial charge is 0.379 e. The minimum absolute atomic E-state index is 0. The van der Waals surface area contributed by atoms with Crippen molar-refractivity contribution in [2.24, 2.45) is 5.92 Å². The van der Waals surface area contributed by atoms with Gasteiger partial charge in [-0.2, -0.15) is 0 Å². The number of rotatable bonds is 5. The first-order valence-corrected chi connectivity index (χ1v) is 10.2. The highest BCUT2D eigenvalue weighted by Crippen LogP contribution is 2.33. The van der Waals surface area contributed by atoms with Crippen LogP contribution in [0.2, 0.25) is 0 Å². The van der Waals surface area contributed by atoms with Gasteiger partial charge in [0.25, 0.3) is 0 Å². The Kier molecular flexibility index (Phi) is 9.51. The number of fused-ring (bicyclic) bond motifs is 1. The predicted octanol–water partition coefficient (Wildman–Crippen LogP) is 2.90. The van der Waals surface area contributed by atoms with Crippen LogP contribution >= 0.6 is 24.8 Å². The molecule has 2 N–H and O–H groups in total. The summed E-state index contributed by atoms with van der Waals surface area (Å²) < 4.78 is 5.41. The first-order valence-electron chi connectivity index (χ1n) is 10.2. The molecule has 3 unspecified atom stereocenters. The predicted molar refractivity (Wildman–Crippen MR) is 116 cm³/mol. The third kappa shape index (κ3) is 6.07. The van der Waals surface area contributed by atoms with Gasteiger partial charge in [0.2, 0.25) is 5.91 Å². The molecule has 3 aliphatic rings. The van der Waals surface area contributed by atoms with Gasteiger partial charge in [-0.25, -0.2) is 0 Å². The Hall–Kier alpha value is -0.850. The van der Waals surface area contributed by atoms with Crippen LogP contribution < -0.4 is 10.6 Å².